The number of benzene rings is 1. The molecule has 1 heterocycles. The topological polar surface area (TPSA) is 66.9 Å². The molecular weight excluding hydrogens is 288 g/mol. The summed E-state index contributed by atoms with van der Waals surface area (Å²) in [5.74, 6) is 0.403. The van der Waals surface area contributed by atoms with Gasteiger partial charge in [-0.2, -0.15) is 0 Å². The minimum Gasteiger partial charge on any atom is -0.352 e. The highest BCUT2D eigenvalue weighted by atomic mass is 16.1. The molecule has 0 radical (unpaired) electrons. The SMILES string of the molecule is CCCCCNC(=O)c1cnc(NCc2cccc(C)c2)nc1. The molecule has 0 saturated heterocycles. The van der Waals surface area contributed by atoms with Gasteiger partial charge in [-0.05, 0) is 18.9 Å². The van der Waals surface area contributed by atoms with E-state index in [1.54, 1.807) is 12.4 Å². The van der Waals surface area contributed by atoms with Gasteiger partial charge in [0, 0.05) is 25.5 Å². The Balaban J connectivity index is 1.83. The Kier molecular flexibility index (Phi) is 6.54. The second kappa shape index (κ2) is 8.88. The number of unbranched alkanes of at least 4 members (excludes halogenated alkanes) is 2. The Morgan fingerprint density at radius 3 is 2.65 bits per heavy atom. The Hall–Kier alpha value is -2.43. The number of nitrogens with zero attached hydrogens (tertiary/aromatic N) is 2. The number of amides is 1. The Morgan fingerprint density at radius 1 is 1.17 bits per heavy atom. The van der Waals surface area contributed by atoms with Crippen LogP contribution in [0.5, 0.6) is 0 Å². The second-order valence-electron chi connectivity index (χ2n) is 5.60. The zero-order valence-corrected chi connectivity index (χ0v) is 13.8. The predicted octanol–water partition coefficient (Wildman–Crippen LogP) is 3.32. The quantitative estimate of drug-likeness (QED) is 0.734. The van der Waals surface area contributed by atoms with E-state index in [-0.39, 0.29) is 5.91 Å². The van der Waals surface area contributed by atoms with E-state index in [4.69, 9.17) is 0 Å². The van der Waals surface area contributed by atoms with Crippen LogP contribution in [0.25, 0.3) is 0 Å². The highest BCUT2D eigenvalue weighted by molar-refractivity contribution is 5.93. The molecule has 1 aromatic carbocycles. The van der Waals surface area contributed by atoms with E-state index in [9.17, 15) is 4.79 Å². The van der Waals surface area contributed by atoms with Crippen LogP contribution in [-0.4, -0.2) is 22.4 Å². The molecule has 0 aliphatic heterocycles. The van der Waals surface area contributed by atoms with Crippen molar-refractivity contribution in [1.82, 2.24) is 15.3 Å². The molecule has 0 aliphatic rings. The van der Waals surface area contributed by atoms with Crippen molar-refractivity contribution in [2.75, 3.05) is 11.9 Å². The van der Waals surface area contributed by atoms with E-state index < -0.39 is 0 Å². The highest BCUT2D eigenvalue weighted by Gasteiger charge is 2.06. The van der Waals surface area contributed by atoms with Crippen LogP contribution in [0.4, 0.5) is 5.95 Å². The van der Waals surface area contributed by atoms with Crippen LogP contribution in [0.3, 0.4) is 0 Å². The van der Waals surface area contributed by atoms with Gasteiger partial charge in [-0.1, -0.05) is 49.6 Å². The lowest BCUT2D eigenvalue weighted by atomic mass is 10.1. The number of anilines is 1. The zero-order valence-electron chi connectivity index (χ0n) is 13.8. The first-order chi connectivity index (χ1) is 11.2. The van der Waals surface area contributed by atoms with E-state index in [1.165, 1.54) is 11.1 Å². The molecule has 5 nitrogen and oxygen atoms in total. The second-order valence-corrected chi connectivity index (χ2v) is 5.60. The van der Waals surface area contributed by atoms with Crippen LogP contribution in [0.2, 0.25) is 0 Å². The lowest BCUT2D eigenvalue weighted by Crippen LogP contribution is -2.24. The zero-order chi connectivity index (χ0) is 16.5. The van der Waals surface area contributed by atoms with E-state index in [0.717, 1.165) is 19.3 Å². The lowest BCUT2D eigenvalue weighted by Gasteiger charge is -2.07. The van der Waals surface area contributed by atoms with Crippen LogP contribution < -0.4 is 10.6 Å². The van der Waals surface area contributed by atoms with Crippen LogP contribution in [0.15, 0.2) is 36.7 Å². The fourth-order valence-corrected chi connectivity index (χ4v) is 2.22. The maximum atomic E-state index is 11.9. The molecule has 23 heavy (non-hydrogen) atoms. The van der Waals surface area contributed by atoms with Gasteiger partial charge in [-0.3, -0.25) is 4.79 Å². The Morgan fingerprint density at radius 2 is 1.96 bits per heavy atom. The molecule has 0 spiro atoms. The first kappa shape index (κ1) is 16.9. The van der Waals surface area contributed by atoms with E-state index in [1.807, 2.05) is 6.07 Å². The summed E-state index contributed by atoms with van der Waals surface area (Å²) in [6, 6.07) is 8.26. The average Bonchev–Trinajstić information content (AvgIpc) is 2.57. The van der Waals surface area contributed by atoms with E-state index in [0.29, 0.717) is 24.6 Å². The third-order valence-electron chi connectivity index (χ3n) is 3.51. The van der Waals surface area contributed by atoms with Gasteiger partial charge in [0.1, 0.15) is 0 Å². The summed E-state index contributed by atoms with van der Waals surface area (Å²) in [5, 5.41) is 6.04. The first-order valence-electron chi connectivity index (χ1n) is 8.08. The third-order valence-corrected chi connectivity index (χ3v) is 3.51. The molecule has 0 aliphatic carbocycles. The number of carbonyl (C=O) groups excluding carboxylic acids is 1. The first-order valence-corrected chi connectivity index (χ1v) is 8.08. The maximum Gasteiger partial charge on any atom is 0.254 e. The normalized spacial score (nSPS) is 10.3. The van der Waals surface area contributed by atoms with Crippen LogP contribution >= 0.6 is 0 Å². The van der Waals surface area contributed by atoms with Crippen molar-refractivity contribution in [2.45, 2.75) is 39.7 Å². The minimum absolute atomic E-state index is 0.119. The van der Waals surface area contributed by atoms with Crippen molar-refractivity contribution in [1.29, 1.82) is 0 Å². The number of nitrogens with one attached hydrogen (secondary N) is 2. The summed E-state index contributed by atoms with van der Waals surface area (Å²) in [6.07, 6.45) is 6.37. The number of hydrogen-bond acceptors (Lipinski definition) is 4. The van der Waals surface area contributed by atoms with Gasteiger partial charge in [0.2, 0.25) is 5.95 Å². The molecule has 0 atom stereocenters. The molecule has 2 N–H and O–H groups in total. The molecule has 2 rings (SSSR count). The highest BCUT2D eigenvalue weighted by Crippen LogP contribution is 2.07. The lowest BCUT2D eigenvalue weighted by molar-refractivity contribution is 0.0952. The summed E-state index contributed by atoms with van der Waals surface area (Å²) < 4.78 is 0. The smallest absolute Gasteiger partial charge is 0.254 e. The minimum atomic E-state index is -0.119. The Labute approximate surface area is 137 Å². The van der Waals surface area contributed by atoms with E-state index in [2.05, 4.69) is 52.6 Å². The van der Waals surface area contributed by atoms with Crippen LogP contribution in [0.1, 0.15) is 47.7 Å². The van der Waals surface area contributed by atoms with Crippen molar-refractivity contribution >= 4 is 11.9 Å². The molecule has 1 aromatic heterocycles. The van der Waals surface area contributed by atoms with E-state index >= 15 is 0 Å². The molecule has 122 valence electrons. The molecule has 2 aromatic rings. The standard InChI is InChI=1S/C18H24N4O/c1-3-4-5-9-19-17(23)16-12-21-18(22-13-16)20-11-15-8-6-7-14(2)10-15/h6-8,10,12-13H,3-5,9,11H2,1-2H3,(H,19,23)(H,20,21,22). The van der Waals surface area contributed by atoms with Crippen molar-refractivity contribution < 1.29 is 4.79 Å². The summed E-state index contributed by atoms with van der Waals surface area (Å²) >= 11 is 0. The molecule has 0 unspecified atom stereocenters. The van der Waals surface area contributed by atoms with Crippen molar-refractivity contribution in [3.63, 3.8) is 0 Å². The molecule has 0 bridgehead atoms. The maximum absolute atomic E-state index is 11.9. The van der Waals surface area contributed by atoms with Gasteiger partial charge in [0.25, 0.3) is 5.91 Å². The average molecular weight is 312 g/mol. The largest absolute Gasteiger partial charge is 0.352 e. The number of aryl methyl sites for hydroxylation is 1. The molecular formula is C18H24N4O. The van der Waals surface area contributed by atoms with Gasteiger partial charge in [-0.15, -0.1) is 0 Å². The molecule has 1 amide bonds. The van der Waals surface area contributed by atoms with Gasteiger partial charge in [0.15, 0.2) is 0 Å². The summed E-state index contributed by atoms with van der Waals surface area (Å²) in [5.41, 5.74) is 2.88. The van der Waals surface area contributed by atoms with Gasteiger partial charge < -0.3 is 10.6 Å². The fourth-order valence-electron chi connectivity index (χ4n) is 2.22. The number of carbonyl (C=O) groups is 1. The Bertz CT molecular complexity index is 625. The molecule has 0 saturated carbocycles. The third kappa shape index (κ3) is 5.70. The van der Waals surface area contributed by atoms with Crippen LogP contribution in [-0.2, 0) is 6.54 Å². The van der Waals surface area contributed by atoms with Gasteiger partial charge in [0.05, 0.1) is 5.56 Å². The van der Waals surface area contributed by atoms with Crippen LogP contribution in [0, 0.1) is 6.92 Å². The number of rotatable bonds is 8. The number of aromatic nitrogens is 2. The number of hydrogen-bond donors (Lipinski definition) is 2. The van der Waals surface area contributed by atoms with Crippen molar-refractivity contribution in [3.8, 4) is 0 Å². The van der Waals surface area contributed by atoms with Gasteiger partial charge >= 0.3 is 0 Å². The monoisotopic (exact) mass is 312 g/mol. The predicted molar refractivity (Wildman–Crippen MR) is 92.4 cm³/mol. The summed E-state index contributed by atoms with van der Waals surface area (Å²) in [7, 11) is 0. The summed E-state index contributed by atoms with van der Waals surface area (Å²) in [6.45, 7) is 5.55. The summed E-state index contributed by atoms with van der Waals surface area (Å²) in [4.78, 5) is 20.3. The molecule has 5 heteroatoms. The fraction of sp³-hybridized carbons (Fsp3) is 0.389. The van der Waals surface area contributed by atoms with Crippen molar-refractivity contribution in [2.24, 2.45) is 0 Å². The van der Waals surface area contributed by atoms with Crippen molar-refractivity contribution in [3.05, 3.63) is 53.3 Å². The van der Waals surface area contributed by atoms with Gasteiger partial charge in [-0.25, -0.2) is 9.97 Å². The molecule has 0 fully saturated rings.